The van der Waals surface area contributed by atoms with Crippen LogP contribution < -0.4 is 0 Å². The Morgan fingerprint density at radius 2 is 1.41 bits per heavy atom. The lowest BCUT2D eigenvalue weighted by atomic mass is 9.75. The molecule has 2 unspecified atom stereocenters. The average molecular weight is 410 g/mol. The molecule has 0 bridgehead atoms. The molecule has 7 heteroatoms. The van der Waals surface area contributed by atoms with Crippen molar-refractivity contribution in [2.75, 3.05) is 26.4 Å². The fourth-order valence-electron chi connectivity index (χ4n) is 3.75. The van der Waals surface area contributed by atoms with Crippen LogP contribution in [0.25, 0.3) is 0 Å². The average Bonchev–Trinajstić information content (AvgIpc) is 2.92. The summed E-state index contributed by atoms with van der Waals surface area (Å²) < 4.78 is 35.7. The number of ether oxygens (including phenoxy) is 4. The standard InChI is InChI=1S/C22H39BO6/c1-21(2)22(3,4)29-23(28-21)18(13-17-27-20-12-6-8-15-25-20)10-9-16-26-19-11-5-7-14-24-19/h10,19-20H,5-9,11-17H2,1-4H3/b18-10-. The van der Waals surface area contributed by atoms with Crippen LogP contribution in [-0.2, 0) is 28.3 Å². The van der Waals surface area contributed by atoms with Gasteiger partial charge in [-0.15, -0.1) is 0 Å². The van der Waals surface area contributed by atoms with Gasteiger partial charge in [-0.1, -0.05) is 6.08 Å². The van der Waals surface area contributed by atoms with Gasteiger partial charge in [-0.25, -0.2) is 0 Å². The molecule has 0 aromatic heterocycles. The smallest absolute Gasteiger partial charge is 0.400 e. The third-order valence-corrected chi connectivity index (χ3v) is 6.35. The first-order valence-corrected chi connectivity index (χ1v) is 11.4. The third-order valence-electron chi connectivity index (χ3n) is 6.35. The Bertz CT molecular complexity index is 507. The van der Waals surface area contributed by atoms with Crippen LogP contribution in [0, 0.1) is 0 Å². The molecule has 3 aliphatic heterocycles. The molecule has 0 saturated carbocycles. The van der Waals surface area contributed by atoms with E-state index in [0.29, 0.717) is 13.2 Å². The van der Waals surface area contributed by atoms with Crippen LogP contribution in [0.4, 0.5) is 0 Å². The number of rotatable bonds is 9. The maximum atomic E-state index is 6.27. The SMILES string of the molecule is CC1(C)OB(/C(=C\CCOC2CCCCO2)CCOC2CCCCO2)OC1(C)C. The topological polar surface area (TPSA) is 55.4 Å². The summed E-state index contributed by atoms with van der Waals surface area (Å²) in [4.78, 5) is 0. The monoisotopic (exact) mass is 410 g/mol. The predicted octanol–water partition coefficient (Wildman–Crippen LogP) is 4.41. The molecule has 3 fully saturated rings. The second-order valence-electron chi connectivity index (χ2n) is 9.24. The van der Waals surface area contributed by atoms with Crippen molar-refractivity contribution in [3.63, 3.8) is 0 Å². The van der Waals surface area contributed by atoms with E-state index >= 15 is 0 Å². The van der Waals surface area contributed by atoms with E-state index in [2.05, 4.69) is 33.8 Å². The van der Waals surface area contributed by atoms with Gasteiger partial charge in [0.2, 0.25) is 0 Å². The predicted molar refractivity (Wildman–Crippen MR) is 112 cm³/mol. The van der Waals surface area contributed by atoms with Crippen molar-refractivity contribution in [1.82, 2.24) is 0 Å². The quantitative estimate of drug-likeness (QED) is 0.415. The highest BCUT2D eigenvalue weighted by molar-refractivity contribution is 6.54. The molecule has 0 amide bonds. The van der Waals surface area contributed by atoms with Crippen molar-refractivity contribution in [3.05, 3.63) is 11.5 Å². The summed E-state index contributed by atoms with van der Waals surface area (Å²) in [6.07, 6.45) is 10.2. The second kappa shape index (κ2) is 10.7. The van der Waals surface area contributed by atoms with Crippen LogP contribution in [0.3, 0.4) is 0 Å². The molecule has 0 N–H and O–H groups in total. The molecule has 2 atom stereocenters. The molecule has 3 heterocycles. The van der Waals surface area contributed by atoms with Gasteiger partial charge in [0.25, 0.3) is 0 Å². The van der Waals surface area contributed by atoms with E-state index in [1.807, 2.05) is 0 Å². The van der Waals surface area contributed by atoms with Crippen molar-refractivity contribution in [1.29, 1.82) is 0 Å². The highest BCUT2D eigenvalue weighted by Gasteiger charge is 2.52. The first-order chi connectivity index (χ1) is 13.9. The Morgan fingerprint density at radius 1 is 0.862 bits per heavy atom. The maximum Gasteiger partial charge on any atom is 0.490 e. The zero-order valence-corrected chi connectivity index (χ0v) is 18.7. The lowest BCUT2D eigenvalue weighted by molar-refractivity contribution is -0.162. The molecule has 0 radical (unpaired) electrons. The Kier molecular flexibility index (Phi) is 8.60. The van der Waals surface area contributed by atoms with Crippen molar-refractivity contribution in [2.45, 2.75) is 103 Å². The zero-order chi connectivity index (χ0) is 20.7. The van der Waals surface area contributed by atoms with Gasteiger partial charge in [-0.3, -0.25) is 0 Å². The molecular formula is C22H39BO6. The molecule has 0 spiro atoms. The van der Waals surface area contributed by atoms with Gasteiger partial charge in [-0.2, -0.15) is 0 Å². The van der Waals surface area contributed by atoms with Crippen molar-refractivity contribution >= 4 is 7.12 Å². The van der Waals surface area contributed by atoms with Crippen LogP contribution >= 0.6 is 0 Å². The molecular weight excluding hydrogens is 371 g/mol. The van der Waals surface area contributed by atoms with Crippen LogP contribution in [0.2, 0.25) is 0 Å². The summed E-state index contributed by atoms with van der Waals surface area (Å²) in [7, 11) is -0.346. The first-order valence-electron chi connectivity index (χ1n) is 11.4. The van der Waals surface area contributed by atoms with Gasteiger partial charge in [0.05, 0.1) is 24.4 Å². The molecule has 166 valence electrons. The van der Waals surface area contributed by atoms with Crippen LogP contribution in [-0.4, -0.2) is 57.3 Å². The van der Waals surface area contributed by atoms with E-state index in [1.54, 1.807) is 0 Å². The van der Waals surface area contributed by atoms with Crippen LogP contribution in [0.1, 0.15) is 79.1 Å². The van der Waals surface area contributed by atoms with E-state index in [0.717, 1.165) is 57.2 Å². The summed E-state index contributed by atoms with van der Waals surface area (Å²) in [6.45, 7) is 11.2. The summed E-state index contributed by atoms with van der Waals surface area (Å²) in [6, 6.07) is 0. The summed E-state index contributed by atoms with van der Waals surface area (Å²) in [5.74, 6) is 0. The number of hydrogen-bond acceptors (Lipinski definition) is 6. The molecule has 0 aliphatic carbocycles. The van der Waals surface area contributed by atoms with E-state index in [9.17, 15) is 0 Å². The highest BCUT2D eigenvalue weighted by atomic mass is 16.7. The Labute approximate surface area is 176 Å². The third kappa shape index (κ3) is 6.78. The Balaban J connectivity index is 1.52. The van der Waals surface area contributed by atoms with Gasteiger partial charge in [0, 0.05) is 13.2 Å². The summed E-state index contributed by atoms with van der Waals surface area (Å²) in [5, 5.41) is 0. The lowest BCUT2D eigenvalue weighted by Crippen LogP contribution is -2.41. The first kappa shape index (κ1) is 23.2. The Morgan fingerprint density at radius 3 is 1.93 bits per heavy atom. The maximum absolute atomic E-state index is 6.27. The minimum Gasteiger partial charge on any atom is -0.400 e. The van der Waals surface area contributed by atoms with E-state index in [1.165, 1.54) is 12.8 Å². The van der Waals surface area contributed by atoms with Gasteiger partial charge in [0.15, 0.2) is 12.6 Å². The fourth-order valence-corrected chi connectivity index (χ4v) is 3.75. The Hall–Kier alpha value is -0.435. The summed E-state index contributed by atoms with van der Waals surface area (Å²) >= 11 is 0. The van der Waals surface area contributed by atoms with E-state index < -0.39 is 0 Å². The van der Waals surface area contributed by atoms with Crippen molar-refractivity contribution in [2.24, 2.45) is 0 Å². The van der Waals surface area contributed by atoms with Crippen molar-refractivity contribution in [3.8, 4) is 0 Å². The second-order valence-corrected chi connectivity index (χ2v) is 9.24. The normalized spacial score (nSPS) is 29.9. The van der Waals surface area contributed by atoms with Gasteiger partial charge in [0.1, 0.15) is 0 Å². The molecule has 3 aliphatic rings. The van der Waals surface area contributed by atoms with Crippen LogP contribution in [0.15, 0.2) is 11.5 Å². The molecule has 3 rings (SSSR count). The molecule has 0 aromatic rings. The highest BCUT2D eigenvalue weighted by Crippen LogP contribution is 2.39. The van der Waals surface area contributed by atoms with Crippen molar-refractivity contribution < 1.29 is 28.3 Å². The van der Waals surface area contributed by atoms with Crippen LogP contribution in [0.5, 0.6) is 0 Å². The minimum atomic E-state index is -0.351. The summed E-state index contributed by atoms with van der Waals surface area (Å²) in [5.41, 5.74) is 0.417. The van der Waals surface area contributed by atoms with E-state index in [4.69, 9.17) is 28.3 Å². The lowest BCUT2D eigenvalue weighted by Gasteiger charge is -2.32. The molecule has 6 nitrogen and oxygen atoms in total. The van der Waals surface area contributed by atoms with Gasteiger partial charge >= 0.3 is 7.12 Å². The number of hydrogen-bond donors (Lipinski definition) is 0. The van der Waals surface area contributed by atoms with Gasteiger partial charge < -0.3 is 28.3 Å². The van der Waals surface area contributed by atoms with E-state index in [-0.39, 0.29) is 30.9 Å². The largest absolute Gasteiger partial charge is 0.490 e. The minimum absolute atomic E-state index is 0.0516. The fraction of sp³-hybridized carbons (Fsp3) is 0.909. The molecule has 0 aromatic carbocycles. The molecule has 3 saturated heterocycles. The van der Waals surface area contributed by atoms with Gasteiger partial charge in [-0.05, 0) is 84.5 Å². The molecule has 29 heavy (non-hydrogen) atoms. The zero-order valence-electron chi connectivity index (χ0n) is 18.7.